The van der Waals surface area contributed by atoms with E-state index in [1.54, 1.807) is 7.11 Å². The highest BCUT2D eigenvalue weighted by Gasteiger charge is 2.30. The molecule has 3 nitrogen and oxygen atoms in total. The van der Waals surface area contributed by atoms with Gasteiger partial charge in [-0.25, -0.2) is 0 Å². The molecule has 3 N–H and O–H groups in total. The maximum atomic E-state index is 9.61. The molecular weight excluding hydrogens is 214 g/mol. The maximum absolute atomic E-state index is 9.61. The van der Waals surface area contributed by atoms with Crippen molar-refractivity contribution < 1.29 is 9.84 Å². The Morgan fingerprint density at radius 3 is 2.29 bits per heavy atom. The second kappa shape index (κ2) is 5.07. The molecule has 0 fully saturated rings. The predicted octanol–water partition coefficient (Wildman–Crippen LogP) is 1.83. The third-order valence-electron chi connectivity index (χ3n) is 3.59. The highest BCUT2D eigenvalue weighted by molar-refractivity contribution is 5.53. The Bertz CT molecular complexity index is 409. The number of aliphatic hydroxyl groups is 1. The van der Waals surface area contributed by atoms with Crippen molar-refractivity contribution in [3.63, 3.8) is 0 Å². The third-order valence-corrected chi connectivity index (χ3v) is 3.59. The van der Waals surface area contributed by atoms with Crippen LogP contribution in [0.2, 0.25) is 0 Å². The Hall–Kier alpha value is -1.06. The third kappa shape index (κ3) is 2.31. The van der Waals surface area contributed by atoms with Crippen LogP contribution in [-0.2, 0) is 5.41 Å². The number of aryl methyl sites for hydroxylation is 2. The molecule has 0 saturated carbocycles. The first kappa shape index (κ1) is 14.0. The first-order chi connectivity index (χ1) is 7.91. The summed E-state index contributed by atoms with van der Waals surface area (Å²) in [7, 11) is 1.67. The standard InChI is InChI=1S/C14H23NO2/c1-9-6-10(2)12(13(17-5)11(9)3)14(4,7-15)8-16/h6,16H,7-8,15H2,1-5H3. The second-order valence-corrected chi connectivity index (χ2v) is 4.97. The lowest BCUT2D eigenvalue weighted by molar-refractivity contribution is 0.206. The molecule has 0 aliphatic heterocycles. The number of hydrogen-bond acceptors (Lipinski definition) is 3. The van der Waals surface area contributed by atoms with Gasteiger partial charge in [0.15, 0.2) is 0 Å². The van der Waals surface area contributed by atoms with Crippen LogP contribution in [0.5, 0.6) is 5.75 Å². The van der Waals surface area contributed by atoms with Gasteiger partial charge in [0.05, 0.1) is 13.7 Å². The van der Waals surface area contributed by atoms with Crippen LogP contribution in [0, 0.1) is 20.8 Å². The van der Waals surface area contributed by atoms with Crippen molar-refractivity contribution in [1.82, 2.24) is 0 Å². The number of benzene rings is 1. The van der Waals surface area contributed by atoms with E-state index in [9.17, 15) is 5.11 Å². The van der Waals surface area contributed by atoms with E-state index in [0.717, 1.165) is 22.4 Å². The lowest BCUT2D eigenvalue weighted by Gasteiger charge is -2.31. The van der Waals surface area contributed by atoms with Crippen LogP contribution >= 0.6 is 0 Å². The van der Waals surface area contributed by atoms with Crippen molar-refractivity contribution in [2.24, 2.45) is 5.73 Å². The van der Waals surface area contributed by atoms with E-state index in [4.69, 9.17) is 10.5 Å². The molecule has 1 atom stereocenters. The molecule has 0 amide bonds. The fourth-order valence-corrected chi connectivity index (χ4v) is 2.30. The lowest BCUT2D eigenvalue weighted by atomic mass is 9.78. The largest absolute Gasteiger partial charge is 0.496 e. The molecule has 0 aromatic heterocycles. The zero-order valence-corrected chi connectivity index (χ0v) is 11.4. The molecule has 0 radical (unpaired) electrons. The number of ether oxygens (including phenoxy) is 1. The Morgan fingerprint density at radius 2 is 1.88 bits per heavy atom. The summed E-state index contributed by atoms with van der Waals surface area (Å²) in [6.45, 7) is 8.51. The Balaban J connectivity index is 3.57. The molecule has 0 bridgehead atoms. The van der Waals surface area contributed by atoms with Gasteiger partial charge in [0.1, 0.15) is 5.75 Å². The van der Waals surface area contributed by atoms with Crippen molar-refractivity contribution in [3.8, 4) is 5.75 Å². The smallest absolute Gasteiger partial charge is 0.126 e. The first-order valence-electron chi connectivity index (χ1n) is 5.87. The van der Waals surface area contributed by atoms with E-state index in [-0.39, 0.29) is 6.61 Å². The van der Waals surface area contributed by atoms with E-state index in [1.165, 1.54) is 5.56 Å². The summed E-state index contributed by atoms with van der Waals surface area (Å²) in [5, 5.41) is 9.61. The fraction of sp³-hybridized carbons (Fsp3) is 0.571. The normalized spacial score (nSPS) is 14.5. The number of methoxy groups -OCH3 is 1. The van der Waals surface area contributed by atoms with Crippen LogP contribution in [0.3, 0.4) is 0 Å². The number of rotatable bonds is 4. The molecule has 1 aromatic rings. The molecule has 0 heterocycles. The minimum absolute atomic E-state index is 0.0171. The summed E-state index contributed by atoms with van der Waals surface area (Å²) in [5.41, 5.74) is 9.81. The molecule has 96 valence electrons. The molecule has 1 aromatic carbocycles. The van der Waals surface area contributed by atoms with Gasteiger partial charge in [-0.3, -0.25) is 0 Å². The second-order valence-electron chi connectivity index (χ2n) is 4.97. The number of hydrogen-bond donors (Lipinski definition) is 2. The van der Waals surface area contributed by atoms with Gasteiger partial charge in [0.25, 0.3) is 0 Å². The van der Waals surface area contributed by atoms with E-state index in [2.05, 4.69) is 13.0 Å². The quantitative estimate of drug-likeness (QED) is 0.840. The summed E-state index contributed by atoms with van der Waals surface area (Å²) in [6, 6.07) is 2.12. The summed E-state index contributed by atoms with van der Waals surface area (Å²) in [4.78, 5) is 0. The van der Waals surface area contributed by atoms with Gasteiger partial charge < -0.3 is 15.6 Å². The molecular formula is C14H23NO2. The number of nitrogens with two attached hydrogens (primary N) is 1. The van der Waals surface area contributed by atoms with Gasteiger partial charge in [-0.05, 0) is 37.5 Å². The van der Waals surface area contributed by atoms with Crippen LogP contribution in [0.1, 0.15) is 29.2 Å². The van der Waals surface area contributed by atoms with Crippen molar-refractivity contribution in [2.75, 3.05) is 20.3 Å². The summed E-state index contributed by atoms with van der Waals surface area (Å²) < 4.78 is 5.52. The maximum Gasteiger partial charge on any atom is 0.126 e. The van der Waals surface area contributed by atoms with Gasteiger partial charge in [-0.15, -0.1) is 0 Å². The van der Waals surface area contributed by atoms with E-state index in [1.807, 2.05) is 20.8 Å². The zero-order chi connectivity index (χ0) is 13.2. The van der Waals surface area contributed by atoms with Gasteiger partial charge in [-0.2, -0.15) is 0 Å². The van der Waals surface area contributed by atoms with Crippen LogP contribution in [0.4, 0.5) is 0 Å². The van der Waals surface area contributed by atoms with E-state index >= 15 is 0 Å². The lowest BCUT2D eigenvalue weighted by Crippen LogP contribution is -2.37. The predicted molar refractivity (Wildman–Crippen MR) is 70.7 cm³/mol. The molecule has 0 aliphatic carbocycles. The highest BCUT2D eigenvalue weighted by Crippen LogP contribution is 2.37. The SMILES string of the molecule is COc1c(C)c(C)cc(C)c1C(C)(CN)CO. The molecule has 3 heteroatoms. The monoisotopic (exact) mass is 237 g/mol. The Kier molecular flexibility index (Phi) is 4.17. The summed E-state index contributed by atoms with van der Waals surface area (Å²) >= 11 is 0. The zero-order valence-electron chi connectivity index (χ0n) is 11.4. The molecule has 0 spiro atoms. The minimum Gasteiger partial charge on any atom is -0.496 e. The molecule has 17 heavy (non-hydrogen) atoms. The minimum atomic E-state index is -0.451. The van der Waals surface area contributed by atoms with Crippen LogP contribution in [0.25, 0.3) is 0 Å². The van der Waals surface area contributed by atoms with Gasteiger partial charge in [0.2, 0.25) is 0 Å². The highest BCUT2D eigenvalue weighted by atomic mass is 16.5. The topological polar surface area (TPSA) is 55.5 Å². The Morgan fingerprint density at radius 1 is 1.29 bits per heavy atom. The van der Waals surface area contributed by atoms with Crippen LogP contribution in [0.15, 0.2) is 6.07 Å². The van der Waals surface area contributed by atoms with E-state index in [0.29, 0.717) is 6.54 Å². The average Bonchev–Trinajstić information content (AvgIpc) is 2.32. The van der Waals surface area contributed by atoms with E-state index < -0.39 is 5.41 Å². The molecule has 0 aliphatic rings. The molecule has 0 saturated heterocycles. The van der Waals surface area contributed by atoms with Gasteiger partial charge >= 0.3 is 0 Å². The van der Waals surface area contributed by atoms with Crippen molar-refractivity contribution in [3.05, 3.63) is 28.3 Å². The first-order valence-corrected chi connectivity index (χ1v) is 5.87. The van der Waals surface area contributed by atoms with Crippen LogP contribution < -0.4 is 10.5 Å². The average molecular weight is 237 g/mol. The fourth-order valence-electron chi connectivity index (χ4n) is 2.30. The molecule has 1 rings (SSSR count). The van der Waals surface area contributed by atoms with Crippen molar-refractivity contribution in [2.45, 2.75) is 33.1 Å². The summed E-state index contributed by atoms with van der Waals surface area (Å²) in [6.07, 6.45) is 0. The van der Waals surface area contributed by atoms with Gasteiger partial charge in [-0.1, -0.05) is 13.0 Å². The van der Waals surface area contributed by atoms with Crippen LogP contribution in [-0.4, -0.2) is 25.4 Å². The van der Waals surface area contributed by atoms with Crippen molar-refractivity contribution in [1.29, 1.82) is 0 Å². The Labute approximate surface area is 104 Å². The number of aliphatic hydroxyl groups excluding tert-OH is 1. The van der Waals surface area contributed by atoms with Gasteiger partial charge in [0, 0.05) is 17.5 Å². The summed E-state index contributed by atoms with van der Waals surface area (Å²) in [5.74, 6) is 0.851. The van der Waals surface area contributed by atoms with Crippen molar-refractivity contribution >= 4 is 0 Å². The molecule has 1 unspecified atom stereocenters.